The van der Waals surface area contributed by atoms with E-state index in [9.17, 15) is 0 Å². The Hall–Kier alpha value is -0.380. The van der Waals surface area contributed by atoms with Gasteiger partial charge in [-0.15, -0.1) is 0 Å². The first-order valence-corrected chi connectivity index (χ1v) is 9.61. The van der Waals surface area contributed by atoms with Crippen molar-refractivity contribution in [2.75, 3.05) is 26.7 Å². The van der Waals surface area contributed by atoms with Crippen molar-refractivity contribution in [3.8, 4) is 0 Å². The molecule has 22 heavy (non-hydrogen) atoms. The maximum Gasteiger partial charge on any atom is 0.0233 e. The van der Waals surface area contributed by atoms with Crippen molar-refractivity contribution in [1.29, 1.82) is 0 Å². The summed E-state index contributed by atoms with van der Waals surface area (Å²) in [4.78, 5) is 5.28. The molecule has 2 saturated carbocycles. The molecule has 1 heterocycles. The molecule has 1 aromatic carbocycles. The van der Waals surface area contributed by atoms with E-state index >= 15 is 0 Å². The summed E-state index contributed by atoms with van der Waals surface area (Å²) in [5, 5.41) is 0. The van der Waals surface area contributed by atoms with Crippen LogP contribution in [0.3, 0.4) is 0 Å². The van der Waals surface area contributed by atoms with Gasteiger partial charge in [0.15, 0.2) is 0 Å². The third-order valence-electron chi connectivity index (χ3n) is 6.21. The third kappa shape index (κ3) is 3.27. The van der Waals surface area contributed by atoms with E-state index in [2.05, 4.69) is 57.0 Å². The molecule has 0 bridgehead atoms. The molecule has 0 radical (unpaired) electrons. The Morgan fingerprint density at radius 2 is 1.86 bits per heavy atom. The number of benzene rings is 1. The maximum absolute atomic E-state index is 3.52. The van der Waals surface area contributed by atoms with Crippen molar-refractivity contribution in [1.82, 2.24) is 9.80 Å². The van der Waals surface area contributed by atoms with E-state index in [-0.39, 0.29) is 0 Å². The van der Waals surface area contributed by atoms with Crippen molar-refractivity contribution >= 4 is 15.9 Å². The number of likely N-dealkylation sites (tertiary alicyclic amines) is 1. The molecule has 2 nitrogen and oxygen atoms in total. The van der Waals surface area contributed by atoms with E-state index in [1.54, 1.807) is 0 Å². The number of nitrogens with zero attached hydrogens (tertiary/aromatic N) is 2. The van der Waals surface area contributed by atoms with Gasteiger partial charge in [0.25, 0.3) is 0 Å². The summed E-state index contributed by atoms with van der Waals surface area (Å²) in [5.41, 5.74) is 2.17. The van der Waals surface area contributed by atoms with Gasteiger partial charge in [-0.3, -0.25) is 4.90 Å². The Bertz CT molecular complexity index is 515. The number of hydrogen-bond donors (Lipinski definition) is 0. The summed E-state index contributed by atoms with van der Waals surface area (Å²) in [5.74, 6) is 0.993. The van der Waals surface area contributed by atoms with Crippen molar-refractivity contribution in [2.45, 2.75) is 44.7 Å². The first-order chi connectivity index (χ1) is 10.6. The second-order valence-corrected chi connectivity index (χ2v) is 8.75. The second kappa shape index (κ2) is 5.92. The van der Waals surface area contributed by atoms with Gasteiger partial charge in [-0.2, -0.15) is 0 Å². The lowest BCUT2D eigenvalue weighted by molar-refractivity contribution is 0.149. The number of piperidine rings is 1. The van der Waals surface area contributed by atoms with E-state index in [4.69, 9.17) is 0 Å². The van der Waals surface area contributed by atoms with Gasteiger partial charge in [0.2, 0.25) is 0 Å². The summed E-state index contributed by atoms with van der Waals surface area (Å²) in [6.45, 7) is 5.06. The number of rotatable bonds is 5. The monoisotopic (exact) mass is 362 g/mol. The molecule has 0 amide bonds. The van der Waals surface area contributed by atoms with Crippen LogP contribution in [0.2, 0.25) is 0 Å². The highest BCUT2D eigenvalue weighted by Crippen LogP contribution is 2.59. The maximum atomic E-state index is 3.52. The fourth-order valence-corrected chi connectivity index (χ4v) is 4.58. The minimum atomic E-state index is 0.722. The Morgan fingerprint density at radius 1 is 1.18 bits per heavy atom. The minimum Gasteiger partial charge on any atom is -0.303 e. The molecule has 3 fully saturated rings. The molecule has 1 spiro atoms. The third-order valence-corrected chi connectivity index (χ3v) is 6.74. The van der Waals surface area contributed by atoms with E-state index in [0.29, 0.717) is 0 Å². The topological polar surface area (TPSA) is 6.48 Å². The first kappa shape index (κ1) is 15.2. The van der Waals surface area contributed by atoms with Crippen LogP contribution in [-0.4, -0.2) is 42.5 Å². The fourth-order valence-electron chi connectivity index (χ4n) is 4.32. The smallest absolute Gasteiger partial charge is 0.0233 e. The van der Waals surface area contributed by atoms with Crippen LogP contribution in [0, 0.1) is 11.3 Å². The minimum absolute atomic E-state index is 0.722. The number of hydrogen-bond acceptors (Lipinski definition) is 2. The van der Waals surface area contributed by atoms with E-state index in [1.807, 2.05) is 0 Å². The average molecular weight is 363 g/mol. The number of halogens is 1. The van der Waals surface area contributed by atoms with Crippen LogP contribution >= 0.6 is 15.9 Å². The van der Waals surface area contributed by atoms with Crippen LogP contribution in [0.15, 0.2) is 28.7 Å². The van der Waals surface area contributed by atoms with Gasteiger partial charge in [-0.1, -0.05) is 28.1 Å². The summed E-state index contributed by atoms with van der Waals surface area (Å²) < 4.78 is 1.18. The first-order valence-electron chi connectivity index (χ1n) is 8.82. The summed E-state index contributed by atoms with van der Waals surface area (Å²) in [6, 6.07) is 9.74. The Labute approximate surface area is 143 Å². The molecule has 120 valence electrons. The van der Waals surface area contributed by atoms with Gasteiger partial charge in [0, 0.05) is 23.6 Å². The Balaban J connectivity index is 1.25. The van der Waals surface area contributed by atoms with Crippen molar-refractivity contribution in [3.63, 3.8) is 0 Å². The highest BCUT2D eigenvalue weighted by atomic mass is 79.9. The normalized spacial score (nSPS) is 27.5. The second-order valence-electron chi connectivity index (χ2n) is 7.84. The molecular weight excluding hydrogens is 336 g/mol. The van der Waals surface area contributed by atoms with E-state index in [0.717, 1.165) is 23.9 Å². The summed E-state index contributed by atoms with van der Waals surface area (Å²) >= 11 is 3.52. The SMILES string of the molecule is CN(CC1CC12CCN(Cc1ccc(Br)cc1)CC2)C1CC1. The van der Waals surface area contributed by atoms with Crippen molar-refractivity contribution < 1.29 is 0 Å². The van der Waals surface area contributed by atoms with Gasteiger partial charge >= 0.3 is 0 Å². The predicted molar refractivity (Wildman–Crippen MR) is 94.8 cm³/mol. The lowest BCUT2D eigenvalue weighted by Crippen LogP contribution is -2.35. The fraction of sp³-hybridized carbons (Fsp3) is 0.684. The Morgan fingerprint density at radius 3 is 2.50 bits per heavy atom. The van der Waals surface area contributed by atoms with Crippen molar-refractivity contribution in [2.24, 2.45) is 11.3 Å². The largest absolute Gasteiger partial charge is 0.303 e. The van der Waals surface area contributed by atoms with Crippen molar-refractivity contribution in [3.05, 3.63) is 34.3 Å². The van der Waals surface area contributed by atoms with Gasteiger partial charge in [0.1, 0.15) is 0 Å². The van der Waals surface area contributed by atoms with E-state index in [1.165, 1.54) is 61.8 Å². The predicted octanol–water partition coefficient (Wildman–Crippen LogP) is 4.15. The zero-order valence-corrected chi connectivity index (χ0v) is 15.2. The molecular formula is C19H27BrN2. The quantitative estimate of drug-likeness (QED) is 0.776. The van der Waals surface area contributed by atoms with Crippen LogP contribution < -0.4 is 0 Å². The molecule has 1 unspecified atom stereocenters. The molecule has 3 aliphatic rings. The molecule has 1 atom stereocenters. The van der Waals surface area contributed by atoms with Crippen LogP contribution in [0.25, 0.3) is 0 Å². The standard InChI is InChI=1S/C19H27BrN2/c1-21(18-6-7-18)14-16-12-19(16)8-10-22(11-9-19)13-15-2-4-17(20)5-3-15/h2-5,16,18H,6-14H2,1H3. The molecule has 2 aliphatic carbocycles. The molecule has 3 heteroatoms. The highest BCUT2D eigenvalue weighted by molar-refractivity contribution is 9.10. The van der Waals surface area contributed by atoms with Crippen LogP contribution in [-0.2, 0) is 6.54 Å². The Kier molecular flexibility index (Phi) is 4.08. The van der Waals surface area contributed by atoms with Gasteiger partial charge in [-0.25, -0.2) is 0 Å². The summed E-state index contributed by atoms with van der Waals surface area (Å²) in [6.07, 6.45) is 7.23. The zero-order chi connectivity index (χ0) is 15.2. The van der Waals surface area contributed by atoms with Gasteiger partial charge < -0.3 is 4.90 Å². The van der Waals surface area contributed by atoms with Crippen LogP contribution in [0.1, 0.15) is 37.7 Å². The molecule has 0 N–H and O–H groups in total. The zero-order valence-electron chi connectivity index (χ0n) is 13.6. The molecule has 1 aliphatic heterocycles. The van der Waals surface area contributed by atoms with Gasteiger partial charge in [0.05, 0.1) is 0 Å². The van der Waals surface area contributed by atoms with E-state index < -0.39 is 0 Å². The highest BCUT2D eigenvalue weighted by Gasteiger charge is 2.55. The summed E-state index contributed by atoms with van der Waals surface area (Å²) in [7, 11) is 2.34. The lowest BCUT2D eigenvalue weighted by Gasteiger charge is -2.33. The molecule has 0 aromatic heterocycles. The molecule has 4 rings (SSSR count). The van der Waals surface area contributed by atoms with Gasteiger partial charge in [-0.05, 0) is 81.3 Å². The van der Waals surface area contributed by atoms with Crippen LogP contribution in [0.5, 0.6) is 0 Å². The lowest BCUT2D eigenvalue weighted by atomic mass is 9.90. The molecule has 1 saturated heterocycles. The average Bonchev–Trinajstić information content (AvgIpc) is 3.41. The molecule has 1 aromatic rings. The van der Waals surface area contributed by atoms with Crippen LogP contribution in [0.4, 0.5) is 0 Å².